The highest BCUT2D eigenvalue weighted by atomic mass is 19.4. The highest BCUT2D eigenvalue weighted by Crippen LogP contribution is 2.55. The van der Waals surface area contributed by atoms with Crippen molar-refractivity contribution in [1.29, 1.82) is 0 Å². The van der Waals surface area contributed by atoms with E-state index in [1.165, 1.54) is 12.1 Å². The fourth-order valence-electron chi connectivity index (χ4n) is 3.92. The first kappa shape index (κ1) is 16.8. The van der Waals surface area contributed by atoms with Crippen molar-refractivity contribution >= 4 is 0 Å². The Morgan fingerprint density at radius 3 is 2.57 bits per heavy atom. The summed E-state index contributed by atoms with van der Waals surface area (Å²) in [5, 5.41) is 0. The zero-order valence-electron chi connectivity index (χ0n) is 13.7. The fraction of sp³-hybridized carbons (Fsp3) is 0.667. The van der Waals surface area contributed by atoms with Crippen molar-refractivity contribution in [3.05, 3.63) is 35.4 Å². The molecule has 0 saturated carbocycles. The lowest BCUT2D eigenvalue weighted by molar-refractivity contribution is -0.139. The molecule has 2 saturated heterocycles. The lowest BCUT2D eigenvalue weighted by Gasteiger charge is -2.31. The molecule has 128 valence electrons. The number of hydrogen-bond donors (Lipinski definition) is 0. The summed E-state index contributed by atoms with van der Waals surface area (Å²) in [6.07, 6.45) is -1.85. The van der Waals surface area contributed by atoms with Crippen LogP contribution in [0.15, 0.2) is 24.3 Å². The summed E-state index contributed by atoms with van der Waals surface area (Å²) in [4.78, 5) is 0. The van der Waals surface area contributed by atoms with E-state index in [0.717, 1.165) is 25.3 Å². The van der Waals surface area contributed by atoms with Crippen LogP contribution in [-0.2, 0) is 22.3 Å². The lowest BCUT2D eigenvalue weighted by Crippen LogP contribution is -2.38. The summed E-state index contributed by atoms with van der Waals surface area (Å²) < 4.78 is 51.4. The molecule has 1 aromatic rings. The number of alkyl halides is 3. The summed E-state index contributed by atoms with van der Waals surface area (Å²) in [7, 11) is 0. The van der Waals surface area contributed by atoms with Gasteiger partial charge in [0.05, 0.1) is 29.5 Å². The first-order valence-electron chi connectivity index (χ1n) is 8.13. The second-order valence-electron chi connectivity index (χ2n) is 7.29. The van der Waals surface area contributed by atoms with Crippen molar-refractivity contribution in [2.75, 3.05) is 0 Å². The van der Waals surface area contributed by atoms with Crippen LogP contribution in [0.5, 0.6) is 0 Å². The van der Waals surface area contributed by atoms with E-state index in [2.05, 4.69) is 13.8 Å². The van der Waals surface area contributed by atoms with Crippen LogP contribution in [0.2, 0.25) is 0 Å². The van der Waals surface area contributed by atoms with Gasteiger partial charge in [0.1, 0.15) is 0 Å². The van der Waals surface area contributed by atoms with E-state index < -0.39 is 11.7 Å². The summed E-state index contributed by atoms with van der Waals surface area (Å²) in [6, 6.07) is 5.61. The average Bonchev–Trinajstić information content (AvgIpc) is 2.96. The highest BCUT2D eigenvalue weighted by molar-refractivity contribution is 5.29. The van der Waals surface area contributed by atoms with Gasteiger partial charge in [-0.2, -0.15) is 13.2 Å². The van der Waals surface area contributed by atoms with E-state index >= 15 is 0 Å². The zero-order valence-corrected chi connectivity index (χ0v) is 13.7. The molecule has 2 aliphatic heterocycles. The standard InChI is InChI=1S/C18H23F3O2/c1-12(2)17-9-8-16(3,23-17)15(10-17)22-11-13-6-4-5-7-14(13)18(19,20)21/h4-7,12,15H,8-11H2,1-3H3. The molecule has 1 aromatic carbocycles. The Labute approximate surface area is 135 Å². The molecule has 0 N–H and O–H groups in total. The summed E-state index contributed by atoms with van der Waals surface area (Å²) in [5.41, 5.74) is -0.988. The zero-order chi connectivity index (χ0) is 16.9. The molecule has 0 radical (unpaired) electrons. The Balaban J connectivity index is 1.73. The summed E-state index contributed by atoms with van der Waals surface area (Å²) >= 11 is 0. The van der Waals surface area contributed by atoms with Crippen molar-refractivity contribution < 1.29 is 22.6 Å². The molecule has 2 bridgehead atoms. The number of ether oxygens (including phenoxy) is 2. The molecule has 2 nitrogen and oxygen atoms in total. The maximum absolute atomic E-state index is 13.1. The minimum absolute atomic E-state index is 0.0343. The smallest absolute Gasteiger partial charge is 0.370 e. The third kappa shape index (κ3) is 2.89. The van der Waals surface area contributed by atoms with Gasteiger partial charge in [-0.25, -0.2) is 0 Å². The Hall–Kier alpha value is -1.07. The first-order chi connectivity index (χ1) is 10.7. The SMILES string of the molecule is CC(C)C12CCC(C)(O1)C(OCc1ccccc1C(F)(F)F)C2. The second-order valence-corrected chi connectivity index (χ2v) is 7.29. The monoisotopic (exact) mass is 328 g/mol. The molecule has 0 amide bonds. The third-order valence-corrected chi connectivity index (χ3v) is 5.51. The molecule has 0 spiro atoms. The predicted octanol–water partition coefficient (Wildman–Crippen LogP) is 4.96. The van der Waals surface area contributed by atoms with Gasteiger partial charge in [-0.05, 0) is 37.3 Å². The van der Waals surface area contributed by atoms with E-state index in [-0.39, 0.29) is 29.5 Å². The predicted molar refractivity (Wildman–Crippen MR) is 80.9 cm³/mol. The van der Waals surface area contributed by atoms with Crippen LogP contribution in [0.1, 0.15) is 51.2 Å². The summed E-state index contributed by atoms with van der Waals surface area (Å²) in [6.45, 7) is 6.25. The Kier molecular flexibility index (Phi) is 4.00. The minimum Gasteiger partial charge on any atom is -0.370 e. The van der Waals surface area contributed by atoms with Gasteiger partial charge < -0.3 is 9.47 Å². The molecular formula is C18H23F3O2. The van der Waals surface area contributed by atoms with Gasteiger partial charge in [0, 0.05) is 6.42 Å². The second kappa shape index (κ2) is 5.49. The van der Waals surface area contributed by atoms with E-state index in [1.54, 1.807) is 6.07 Å². The lowest BCUT2D eigenvalue weighted by atomic mass is 9.75. The van der Waals surface area contributed by atoms with Crippen LogP contribution >= 0.6 is 0 Å². The molecule has 3 rings (SSSR count). The number of halogens is 3. The molecule has 5 heteroatoms. The van der Waals surface area contributed by atoms with Crippen LogP contribution < -0.4 is 0 Å². The third-order valence-electron chi connectivity index (χ3n) is 5.51. The minimum atomic E-state index is -4.35. The maximum Gasteiger partial charge on any atom is 0.416 e. The van der Waals surface area contributed by atoms with Crippen molar-refractivity contribution in [3.8, 4) is 0 Å². The quantitative estimate of drug-likeness (QED) is 0.778. The van der Waals surface area contributed by atoms with Gasteiger partial charge in [0.2, 0.25) is 0 Å². The van der Waals surface area contributed by atoms with Crippen LogP contribution in [0.25, 0.3) is 0 Å². The largest absolute Gasteiger partial charge is 0.416 e. The molecule has 23 heavy (non-hydrogen) atoms. The summed E-state index contributed by atoms with van der Waals surface area (Å²) in [5.74, 6) is 0.375. The van der Waals surface area contributed by atoms with Gasteiger partial charge in [-0.3, -0.25) is 0 Å². The number of rotatable bonds is 4. The Morgan fingerprint density at radius 2 is 1.96 bits per heavy atom. The average molecular weight is 328 g/mol. The number of fused-ring (bicyclic) bond motifs is 2. The van der Waals surface area contributed by atoms with Crippen LogP contribution in [0, 0.1) is 5.92 Å². The van der Waals surface area contributed by atoms with Gasteiger partial charge in [-0.15, -0.1) is 0 Å². The fourth-order valence-corrected chi connectivity index (χ4v) is 3.92. The van der Waals surface area contributed by atoms with Crippen LogP contribution in [0.4, 0.5) is 13.2 Å². The van der Waals surface area contributed by atoms with Crippen molar-refractivity contribution in [2.24, 2.45) is 5.92 Å². The molecular weight excluding hydrogens is 305 g/mol. The van der Waals surface area contributed by atoms with E-state index in [0.29, 0.717) is 5.92 Å². The number of benzene rings is 1. The molecule has 3 unspecified atom stereocenters. The van der Waals surface area contributed by atoms with Crippen LogP contribution in [0.3, 0.4) is 0 Å². The normalized spacial score (nSPS) is 33.6. The van der Waals surface area contributed by atoms with Crippen molar-refractivity contribution in [2.45, 2.75) is 70.1 Å². The van der Waals surface area contributed by atoms with Crippen molar-refractivity contribution in [1.82, 2.24) is 0 Å². The molecule has 2 heterocycles. The molecule has 2 fully saturated rings. The molecule has 0 aromatic heterocycles. The topological polar surface area (TPSA) is 18.5 Å². The Bertz CT molecular complexity index is 584. The van der Waals surface area contributed by atoms with E-state index in [4.69, 9.17) is 9.47 Å². The van der Waals surface area contributed by atoms with Gasteiger partial charge in [0.15, 0.2) is 0 Å². The van der Waals surface area contributed by atoms with E-state index in [1.807, 2.05) is 6.92 Å². The van der Waals surface area contributed by atoms with Gasteiger partial charge in [0.25, 0.3) is 0 Å². The molecule has 2 aliphatic rings. The molecule has 0 aliphatic carbocycles. The number of hydrogen-bond acceptors (Lipinski definition) is 2. The first-order valence-corrected chi connectivity index (χ1v) is 8.13. The van der Waals surface area contributed by atoms with Crippen molar-refractivity contribution in [3.63, 3.8) is 0 Å². The van der Waals surface area contributed by atoms with Gasteiger partial charge >= 0.3 is 6.18 Å². The maximum atomic E-state index is 13.1. The van der Waals surface area contributed by atoms with Gasteiger partial charge in [-0.1, -0.05) is 32.0 Å². The highest BCUT2D eigenvalue weighted by Gasteiger charge is 2.60. The van der Waals surface area contributed by atoms with Crippen LogP contribution in [-0.4, -0.2) is 17.3 Å². The Morgan fingerprint density at radius 1 is 1.26 bits per heavy atom. The molecule has 3 atom stereocenters. The van der Waals surface area contributed by atoms with E-state index in [9.17, 15) is 13.2 Å².